The molecule has 33 heavy (non-hydrogen) atoms. The highest BCUT2D eigenvalue weighted by Gasteiger charge is 2.31. The molecule has 10 heteroatoms. The van der Waals surface area contributed by atoms with Crippen LogP contribution in [0.1, 0.15) is 44.0 Å². The van der Waals surface area contributed by atoms with E-state index in [1.807, 2.05) is 20.8 Å². The van der Waals surface area contributed by atoms with Crippen LogP contribution in [-0.2, 0) is 9.53 Å². The number of pyridine rings is 1. The minimum atomic E-state index is -0.581. The van der Waals surface area contributed by atoms with Crippen LogP contribution in [0.5, 0.6) is 0 Å². The van der Waals surface area contributed by atoms with Gasteiger partial charge >= 0.3 is 6.09 Å². The lowest BCUT2D eigenvalue weighted by molar-refractivity contribution is -0.121. The van der Waals surface area contributed by atoms with Gasteiger partial charge < -0.3 is 20.3 Å². The second-order valence-electron chi connectivity index (χ2n) is 8.69. The molecule has 1 fully saturated rings. The Labute approximate surface area is 202 Å². The number of amides is 3. The van der Waals surface area contributed by atoms with Crippen molar-refractivity contribution in [3.8, 4) is 0 Å². The average molecular weight is 493 g/mol. The topological polar surface area (TPSA) is 101 Å². The van der Waals surface area contributed by atoms with Crippen molar-refractivity contribution in [1.29, 1.82) is 0 Å². The molecule has 0 aliphatic carbocycles. The molecule has 0 spiro atoms. The third kappa shape index (κ3) is 6.58. The third-order valence-electron chi connectivity index (χ3n) is 5.01. The molecule has 0 unspecified atom stereocenters. The van der Waals surface area contributed by atoms with Gasteiger partial charge in [0.25, 0.3) is 5.91 Å². The van der Waals surface area contributed by atoms with Crippen molar-refractivity contribution >= 4 is 52.6 Å². The number of anilines is 2. The van der Waals surface area contributed by atoms with Crippen molar-refractivity contribution < 1.29 is 19.1 Å². The number of halogens is 2. The van der Waals surface area contributed by atoms with Crippen molar-refractivity contribution in [3.63, 3.8) is 0 Å². The molecule has 3 rings (SSSR count). The van der Waals surface area contributed by atoms with Crippen molar-refractivity contribution in [2.24, 2.45) is 5.92 Å². The number of rotatable bonds is 4. The molecule has 8 nitrogen and oxygen atoms in total. The lowest BCUT2D eigenvalue weighted by atomic mass is 9.96. The summed E-state index contributed by atoms with van der Waals surface area (Å²) in [6.45, 7) is 6.21. The maximum atomic E-state index is 13.0. The Morgan fingerprint density at radius 3 is 2.30 bits per heavy atom. The summed E-state index contributed by atoms with van der Waals surface area (Å²) in [7, 11) is 0. The molecule has 3 amide bonds. The van der Waals surface area contributed by atoms with Gasteiger partial charge in [-0.3, -0.25) is 9.59 Å². The summed E-state index contributed by atoms with van der Waals surface area (Å²) in [6, 6.07) is 8.59. The van der Waals surface area contributed by atoms with E-state index in [4.69, 9.17) is 27.9 Å². The summed E-state index contributed by atoms with van der Waals surface area (Å²) in [6.07, 6.45) is 1.83. The van der Waals surface area contributed by atoms with Crippen molar-refractivity contribution in [2.45, 2.75) is 39.2 Å². The van der Waals surface area contributed by atoms with Gasteiger partial charge in [0, 0.05) is 30.8 Å². The van der Waals surface area contributed by atoms with Crippen LogP contribution in [0.2, 0.25) is 10.0 Å². The van der Waals surface area contributed by atoms with Gasteiger partial charge in [0.2, 0.25) is 5.91 Å². The number of aromatic nitrogens is 1. The number of nitrogens with one attached hydrogen (secondary N) is 2. The number of hydrogen-bond acceptors (Lipinski definition) is 5. The second kappa shape index (κ2) is 10.4. The average Bonchev–Trinajstić information content (AvgIpc) is 2.78. The summed E-state index contributed by atoms with van der Waals surface area (Å²) in [4.78, 5) is 43.5. The molecule has 1 saturated heterocycles. The van der Waals surface area contributed by atoms with E-state index in [2.05, 4.69) is 15.6 Å². The minimum absolute atomic E-state index is 0.0783. The Kier molecular flexibility index (Phi) is 7.81. The molecule has 1 aromatic heterocycles. The van der Waals surface area contributed by atoms with Crippen LogP contribution in [-0.4, -0.2) is 46.5 Å². The number of nitrogens with zero attached hydrogens (tertiary/aromatic N) is 2. The van der Waals surface area contributed by atoms with Crippen LogP contribution >= 0.6 is 23.2 Å². The fourth-order valence-electron chi connectivity index (χ4n) is 3.32. The number of carbonyl (C=O) groups is 3. The number of ether oxygens (including phenoxy) is 1. The zero-order valence-electron chi connectivity index (χ0n) is 18.7. The zero-order chi connectivity index (χ0) is 24.2. The predicted molar refractivity (Wildman–Crippen MR) is 128 cm³/mol. The van der Waals surface area contributed by atoms with E-state index in [9.17, 15) is 14.4 Å². The van der Waals surface area contributed by atoms with Gasteiger partial charge in [-0.25, -0.2) is 9.78 Å². The van der Waals surface area contributed by atoms with E-state index < -0.39 is 17.6 Å². The van der Waals surface area contributed by atoms with E-state index in [0.29, 0.717) is 31.5 Å². The first-order valence-electron chi connectivity index (χ1n) is 10.5. The minimum Gasteiger partial charge on any atom is -0.444 e. The Morgan fingerprint density at radius 2 is 1.70 bits per heavy atom. The van der Waals surface area contributed by atoms with Gasteiger partial charge in [-0.15, -0.1) is 0 Å². The zero-order valence-corrected chi connectivity index (χ0v) is 20.2. The van der Waals surface area contributed by atoms with E-state index >= 15 is 0 Å². The van der Waals surface area contributed by atoms with Crippen LogP contribution < -0.4 is 10.6 Å². The molecule has 176 valence electrons. The molecule has 2 aromatic rings. The summed E-state index contributed by atoms with van der Waals surface area (Å²) in [5.41, 5.74) is -0.0208. The molecular weight excluding hydrogens is 467 g/mol. The second-order valence-corrected chi connectivity index (χ2v) is 9.48. The highest BCUT2D eigenvalue weighted by atomic mass is 35.5. The van der Waals surface area contributed by atoms with E-state index in [1.165, 1.54) is 6.20 Å². The van der Waals surface area contributed by atoms with Crippen molar-refractivity contribution in [2.75, 3.05) is 23.7 Å². The van der Waals surface area contributed by atoms with Crippen LogP contribution in [0.25, 0.3) is 0 Å². The molecule has 0 atom stereocenters. The number of piperidine rings is 1. The van der Waals surface area contributed by atoms with Crippen LogP contribution in [0, 0.1) is 5.92 Å². The lowest BCUT2D eigenvalue weighted by Gasteiger charge is -2.33. The first kappa shape index (κ1) is 24.8. The quantitative estimate of drug-likeness (QED) is 0.608. The lowest BCUT2D eigenvalue weighted by Crippen LogP contribution is -2.43. The van der Waals surface area contributed by atoms with E-state index in [1.54, 1.807) is 35.2 Å². The Hall–Kier alpha value is -2.84. The fourth-order valence-corrected chi connectivity index (χ4v) is 3.65. The number of carbonyl (C=O) groups excluding carboxylic acids is 3. The van der Waals surface area contributed by atoms with Gasteiger partial charge in [0.1, 0.15) is 11.3 Å². The van der Waals surface area contributed by atoms with Crippen LogP contribution in [0.4, 0.5) is 16.3 Å². The smallest absolute Gasteiger partial charge is 0.410 e. The Morgan fingerprint density at radius 1 is 1.06 bits per heavy atom. The number of benzene rings is 1. The van der Waals surface area contributed by atoms with Crippen LogP contribution in [0.3, 0.4) is 0 Å². The first-order chi connectivity index (χ1) is 15.5. The molecule has 1 aromatic carbocycles. The normalized spacial score (nSPS) is 14.5. The summed E-state index contributed by atoms with van der Waals surface area (Å²) in [5, 5.41) is 5.65. The maximum absolute atomic E-state index is 13.0. The van der Waals surface area contributed by atoms with Crippen LogP contribution in [0.15, 0.2) is 36.5 Å². The molecule has 0 bridgehead atoms. The van der Waals surface area contributed by atoms with Gasteiger partial charge in [0.05, 0.1) is 10.0 Å². The van der Waals surface area contributed by atoms with Gasteiger partial charge in [-0.2, -0.15) is 0 Å². The van der Waals surface area contributed by atoms with Gasteiger partial charge in [-0.1, -0.05) is 41.4 Å². The largest absolute Gasteiger partial charge is 0.444 e. The summed E-state index contributed by atoms with van der Waals surface area (Å²) < 4.78 is 5.39. The third-order valence-corrected chi connectivity index (χ3v) is 5.78. The fraction of sp³-hybridized carbons (Fsp3) is 0.391. The molecule has 0 radical (unpaired) electrons. The molecule has 2 heterocycles. The van der Waals surface area contributed by atoms with Gasteiger partial charge in [0.15, 0.2) is 5.82 Å². The Balaban J connectivity index is 1.68. The number of hydrogen-bond donors (Lipinski definition) is 2. The van der Waals surface area contributed by atoms with Crippen molar-refractivity contribution in [1.82, 2.24) is 9.88 Å². The summed E-state index contributed by atoms with van der Waals surface area (Å²) >= 11 is 12.4. The standard InChI is InChI=1S/C23H26Cl2N4O4/c1-23(2,3)33-22(32)29-11-9-15(10-12-29)20(30)27-18-17(25)16(24)13-26-19(18)28-21(31)14-7-5-4-6-8-14/h4-8,13,15H,9-12H2,1-3H3,(H,27,30)(H,26,28,31). The van der Waals surface area contributed by atoms with E-state index in [-0.39, 0.29) is 33.4 Å². The number of likely N-dealkylation sites (tertiary alicyclic amines) is 1. The maximum Gasteiger partial charge on any atom is 0.410 e. The molecule has 0 saturated carbocycles. The Bertz CT molecular complexity index is 1030. The monoisotopic (exact) mass is 492 g/mol. The van der Waals surface area contributed by atoms with E-state index in [0.717, 1.165) is 0 Å². The van der Waals surface area contributed by atoms with Crippen molar-refractivity contribution in [3.05, 3.63) is 52.1 Å². The summed E-state index contributed by atoms with van der Waals surface area (Å²) in [5.74, 6) is -0.947. The molecule has 1 aliphatic heterocycles. The molecule has 1 aliphatic rings. The van der Waals surface area contributed by atoms with Gasteiger partial charge in [-0.05, 0) is 45.7 Å². The highest BCUT2D eigenvalue weighted by molar-refractivity contribution is 6.44. The highest BCUT2D eigenvalue weighted by Crippen LogP contribution is 2.35. The predicted octanol–water partition coefficient (Wildman–Crippen LogP) is 5.23. The molecule has 2 N–H and O–H groups in total. The first-order valence-corrected chi connectivity index (χ1v) is 11.3. The SMILES string of the molecule is CC(C)(C)OC(=O)N1CCC(C(=O)Nc2c(NC(=O)c3ccccc3)ncc(Cl)c2Cl)CC1. The molecular formula is C23H26Cl2N4O4.